The lowest BCUT2D eigenvalue weighted by molar-refractivity contribution is 1.07. The fraction of sp³-hybridized carbons (Fsp3) is 0. The SMILES string of the molecule is c1ccc(-c2nc(-c3ccccc3)nc(-c3ccc(-c4cc(-c5ccc6ccc7ncccc7c6c5)cc5c4sc4ccccc45)cc3)n2)cc1. The summed E-state index contributed by atoms with van der Waals surface area (Å²) >= 11 is 1.85. The molecule has 0 spiro atoms. The Bertz CT molecular complexity index is 2840. The third-order valence-corrected chi connectivity index (χ3v) is 10.8. The van der Waals surface area contributed by atoms with Crippen LogP contribution in [0, 0.1) is 0 Å². The quantitative estimate of drug-likeness (QED) is 0.171. The van der Waals surface area contributed by atoms with E-state index in [4.69, 9.17) is 15.0 Å². The van der Waals surface area contributed by atoms with Gasteiger partial charge in [-0.2, -0.15) is 0 Å². The van der Waals surface area contributed by atoms with Crippen molar-refractivity contribution in [2.75, 3.05) is 0 Å². The molecule has 0 atom stereocenters. The van der Waals surface area contributed by atoms with Crippen LogP contribution < -0.4 is 0 Å². The number of thiophene rings is 1. The minimum atomic E-state index is 0.646. The summed E-state index contributed by atoms with van der Waals surface area (Å²) in [5, 5.41) is 6.13. The van der Waals surface area contributed by atoms with Gasteiger partial charge in [-0.1, -0.05) is 127 Å². The molecule has 0 saturated carbocycles. The van der Waals surface area contributed by atoms with Gasteiger partial charge in [-0.05, 0) is 63.9 Å². The third kappa shape index (κ3) is 5.23. The van der Waals surface area contributed by atoms with Crippen molar-refractivity contribution in [3.63, 3.8) is 0 Å². The molecule has 3 heterocycles. The third-order valence-electron chi connectivity index (χ3n) is 9.57. The van der Waals surface area contributed by atoms with Crippen molar-refractivity contribution in [2.24, 2.45) is 0 Å². The lowest BCUT2D eigenvalue weighted by Crippen LogP contribution is -2.00. The highest BCUT2D eigenvalue weighted by atomic mass is 32.1. The first kappa shape index (κ1) is 29.4. The first-order chi connectivity index (χ1) is 25.2. The van der Waals surface area contributed by atoms with Gasteiger partial charge < -0.3 is 0 Å². The van der Waals surface area contributed by atoms with E-state index in [2.05, 4.69) is 102 Å². The Morgan fingerprint density at radius 1 is 0.373 bits per heavy atom. The molecule has 0 saturated heterocycles. The second-order valence-corrected chi connectivity index (χ2v) is 13.7. The van der Waals surface area contributed by atoms with Crippen molar-refractivity contribution in [3.05, 3.63) is 170 Å². The van der Waals surface area contributed by atoms with E-state index in [1.165, 1.54) is 53.0 Å². The summed E-state index contributed by atoms with van der Waals surface area (Å²) in [6.07, 6.45) is 1.86. The minimum Gasteiger partial charge on any atom is -0.256 e. The van der Waals surface area contributed by atoms with E-state index in [1.807, 2.05) is 84.3 Å². The Hall–Kier alpha value is -6.56. The van der Waals surface area contributed by atoms with Crippen LogP contribution in [-0.4, -0.2) is 19.9 Å². The Morgan fingerprint density at radius 2 is 0.941 bits per heavy atom. The van der Waals surface area contributed by atoms with Crippen LogP contribution in [0.25, 0.3) is 98.3 Å². The number of benzene rings is 7. The Labute approximate surface area is 298 Å². The maximum atomic E-state index is 4.96. The van der Waals surface area contributed by atoms with Gasteiger partial charge in [-0.25, -0.2) is 15.0 Å². The maximum Gasteiger partial charge on any atom is 0.164 e. The second-order valence-electron chi connectivity index (χ2n) is 12.7. The molecule has 7 aromatic carbocycles. The largest absolute Gasteiger partial charge is 0.256 e. The number of hydrogen-bond acceptors (Lipinski definition) is 5. The van der Waals surface area contributed by atoms with Gasteiger partial charge in [0.05, 0.1) is 5.52 Å². The molecule has 0 amide bonds. The summed E-state index contributed by atoms with van der Waals surface area (Å²) in [6.45, 7) is 0. The summed E-state index contributed by atoms with van der Waals surface area (Å²) in [5.74, 6) is 1.96. The van der Waals surface area contributed by atoms with Gasteiger partial charge in [0.15, 0.2) is 17.5 Å². The molecule has 5 heteroatoms. The Morgan fingerprint density at radius 3 is 1.67 bits per heavy atom. The second kappa shape index (κ2) is 12.1. The smallest absolute Gasteiger partial charge is 0.164 e. The molecule has 0 unspecified atom stereocenters. The molecule has 4 nitrogen and oxygen atoms in total. The molecule has 0 fully saturated rings. The summed E-state index contributed by atoms with van der Waals surface area (Å²) in [5.41, 5.74) is 8.58. The molecule has 238 valence electrons. The van der Waals surface area contributed by atoms with Crippen LogP contribution in [0.5, 0.6) is 0 Å². The van der Waals surface area contributed by atoms with Crippen LogP contribution in [0.15, 0.2) is 170 Å². The van der Waals surface area contributed by atoms with Crippen molar-refractivity contribution in [2.45, 2.75) is 0 Å². The summed E-state index contributed by atoms with van der Waals surface area (Å²) < 4.78 is 2.56. The van der Waals surface area contributed by atoms with Crippen molar-refractivity contribution in [3.8, 4) is 56.4 Å². The topological polar surface area (TPSA) is 51.6 Å². The lowest BCUT2D eigenvalue weighted by Gasteiger charge is -2.12. The number of nitrogens with zero attached hydrogens (tertiary/aromatic N) is 4. The van der Waals surface area contributed by atoms with Crippen LogP contribution in [0.2, 0.25) is 0 Å². The first-order valence-corrected chi connectivity index (χ1v) is 17.8. The first-order valence-electron chi connectivity index (χ1n) is 17.0. The zero-order valence-electron chi connectivity index (χ0n) is 27.4. The van der Waals surface area contributed by atoms with Gasteiger partial charge in [0.1, 0.15) is 0 Å². The van der Waals surface area contributed by atoms with Crippen molar-refractivity contribution < 1.29 is 0 Å². The van der Waals surface area contributed by atoms with E-state index >= 15 is 0 Å². The summed E-state index contributed by atoms with van der Waals surface area (Å²) in [4.78, 5) is 19.4. The van der Waals surface area contributed by atoms with Gasteiger partial charge in [-0.15, -0.1) is 11.3 Å². The highest BCUT2D eigenvalue weighted by Gasteiger charge is 2.16. The van der Waals surface area contributed by atoms with Crippen LogP contribution in [0.4, 0.5) is 0 Å². The van der Waals surface area contributed by atoms with Gasteiger partial charge >= 0.3 is 0 Å². The predicted molar refractivity (Wildman–Crippen MR) is 213 cm³/mol. The lowest BCUT2D eigenvalue weighted by atomic mass is 9.93. The molecule has 0 N–H and O–H groups in total. The van der Waals surface area contributed by atoms with E-state index in [-0.39, 0.29) is 0 Å². The molecular weight excluding hydrogens is 641 g/mol. The summed E-state index contributed by atoms with van der Waals surface area (Å²) in [6, 6.07) is 57.5. The van der Waals surface area contributed by atoms with Gasteiger partial charge in [0.2, 0.25) is 0 Å². The number of hydrogen-bond donors (Lipinski definition) is 0. The van der Waals surface area contributed by atoms with Crippen LogP contribution >= 0.6 is 11.3 Å². The molecule has 0 radical (unpaired) electrons. The summed E-state index contributed by atoms with van der Waals surface area (Å²) in [7, 11) is 0. The number of pyridine rings is 1. The normalized spacial score (nSPS) is 11.5. The van der Waals surface area contributed by atoms with Crippen molar-refractivity contribution in [1.29, 1.82) is 0 Å². The zero-order chi connectivity index (χ0) is 33.7. The van der Waals surface area contributed by atoms with Crippen LogP contribution in [0.1, 0.15) is 0 Å². The maximum absolute atomic E-state index is 4.96. The predicted octanol–water partition coefficient (Wildman–Crippen LogP) is 12.3. The number of aromatic nitrogens is 4. The Balaban J connectivity index is 1.12. The molecule has 10 rings (SSSR count). The van der Waals surface area contributed by atoms with E-state index in [9.17, 15) is 0 Å². The number of fused-ring (bicyclic) bond motifs is 6. The molecule has 0 aliphatic carbocycles. The average molecular weight is 669 g/mol. The van der Waals surface area contributed by atoms with E-state index < -0.39 is 0 Å². The van der Waals surface area contributed by atoms with E-state index in [1.54, 1.807) is 0 Å². The monoisotopic (exact) mass is 668 g/mol. The fourth-order valence-corrected chi connectivity index (χ4v) is 8.23. The van der Waals surface area contributed by atoms with Crippen molar-refractivity contribution in [1.82, 2.24) is 19.9 Å². The van der Waals surface area contributed by atoms with Crippen LogP contribution in [0.3, 0.4) is 0 Å². The molecular formula is C46H28N4S. The zero-order valence-corrected chi connectivity index (χ0v) is 28.2. The minimum absolute atomic E-state index is 0.646. The molecule has 3 aromatic heterocycles. The van der Waals surface area contributed by atoms with Gasteiger partial charge in [0.25, 0.3) is 0 Å². The molecule has 10 aromatic rings. The van der Waals surface area contributed by atoms with Gasteiger partial charge in [0, 0.05) is 54.0 Å². The highest BCUT2D eigenvalue weighted by molar-refractivity contribution is 7.26. The highest BCUT2D eigenvalue weighted by Crippen LogP contribution is 2.43. The molecule has 51 heavy (non-hydrogen) atoms. The van der Waals surface area contributed by atoms with E-state index in [0.29, 0.717) is 17.5 Å². The fourth-order valence-electron chi connectivity index (χ4n) is 7.01. The van der Waals surface area contributed by atoms with Crippen LogP contribution in [-0.2, 0) is 0 Å². The van der Waals surface area contributed by atoms with Gasteiger partial charge in [-0.3, -0.25) is 4.98 Å². The van der Waals surface area contributed by atoms with E-state index in [0.717, 1.165) is 27.8 Å². The molecule has 0 aliphatic rings. The Kier molecular flexibility index (Phi) is 6.96. The standard InChI is InChI=1S/C46H28N4S/c1-3-10-31(11-4-1)44-48-45(32-12-5-2-6-13-32)50-46(49-44)33-20-17-30(18-21-33)39-27-35(28-40-37-14-7-8-16-42(37)51-43(39)40)34-22-19-29-23-24-41-36(38(29)26-34)15-9-25-47-41/h1-28H. The molecule has 0 aliphatic heterocycles. The number of rotatable bonds is 5. The average Bonchev–Trinajstić information content (AvgIpc) is 3.59. The molecule has 0 bridgehead atoms. The van der Waals surface area contributed by atoms with Crippen molar-refractivity contribution >= 4 is 53.2 Å².